The molecule has 6 N–H and O–H groups in total. The van der Waals surface area contributed by atoms with Gasteiger partial charge in [-0.1, -0.05) is 18.0 Å². The number of hydrogen-bond donors (Lipinski definition) is 6. The summed E-state index contributed by atoms with van der Waals surface area (Å²) < 4.78 is 1.89. The van der Waals surface area contributed by atoms with E-state index in [0.717, 1.165) is 41.0 Å². The van der Waals surface area contributed by atoms with Crippen LogP contribution in [0.5, 0.6) is 0 Å². The summed E-state index contributed by atoms with van der Waals surface area (Å²) >= 11 is 7.94. The Morgan fingerprint density at radius 1 is 0.983 bits per heavy atom. The van der Waals surface area contributed by atoms with E-state index in [2.05, 4.69) is 36.7 Å². The molecule has 0 radical (unpaired) electrons. The molecule has 7 rings (SSSR count). The van der Waals surface area contributed by atoms with Crippen molar-refractivity contribution in [1.29, 1.82) is 0 Å². The summed E-state index contributed by atoms with van der Waals surface area (Å²) in [6.45, 7) is 1.45. The Bertz CT molecular complexity index is 2100. The number of thiophene rings is 1. The van der Waals surface area contributed by atoms with Crippen LogP contribution in [0, 0.1) is 5.92 Å². The van der Waals surface area contributed by atoms with Crippen LogP contribution in [0.15, 0.2) is 17.8 Å². The molecule has 1 unspecified atom stereocenters. The van der Waals surface area contributed by atoms with Crippen LogP contribution in [0.2, 0.25) is 5.02 Å². The predicted molar refractivity (Wildman–Crippen MR) is 222 cm³/mol. The standard InChI is InChI=1S/C40H52ClN11O7S/c1-50-31(15-23-5-6-23)26(16-46-50)36-29(41)17-45-39(49-36)47-24-7-9-25(10-8-24)51(40(58)59)21-35(55)43-14-4-2-3-13-42-19-34(54)44-18-32-27-20-52(38(57)28(27)22-60-32)30-11-12-33(53)48-37(30)56/h16-17,22-25,30,42H,2-15,18-21H2,1H3,(H,43,55)(H,44,54)(H,58,59)(H,45,47,49)(H,48,53,56). The van der Waals surface area contributed by atoms with Crippen LogP contribution in [-0.4, -0.2) is 115 Å². The van der Waals surface area contributed by atoms with Gasteiger partial charge in [-0.05, 0) is 82.2 Å². The number of rotatable bonds is 19. The maximum absolute atomic E-state index is 12.9. The Labute approximate surface area is 356 Å². The quantitative estimate of drug-likeness (QED) is 0.0754. The van der Waals surface area contributed by atoms with Crippen LogP contribution in [0.1, 0.15) is 97.1 Å². The Balaban J connectivity index is 0.751. The minimum atomic E-state index is -1.12. The first kappa shape index (κ1) is 43.0. The summed E-state index contributed by atoms with van der Waals surface area (Å²) in [6, 6.07) is -0.910. The Kier molecular flexibility index (Phi) is 14.0. The number of carbonyl (C=O) groups excluding carboxylic acids is 5. The first-order chi connectivity index (χ1) is 28.9. The molecule has 5 heterocycles. The number of fused-ring (bicyclic) bond motifs is 1. The van der Waals surface area contributed by atoms with Gasteiger partial charge in [0.1, 0.15) is 12.6 Å². The van der Waals surface area contributed by atoms with Gasteiger partial charge in [0.2, 0.25) is 29.6 Å². The molecular weight excluding hydrogens is 814 g/mol. The number of hydrogen-bond acceptors (Lipinski definition) is 12. The number of unbranched alkanes of at least 4 members (excludes halogenated alkanes) is 2. The van der Waals surface area contributed by atoms with E-state index in [1.54, 1.807) is 17.8 Å². The van der Waals surface area contributed by atoms with E-state index in [1.165, 1.54) is 34.0 Å². The number of carbonyl (C=O) groups is 6. The van der Waals surface area contributed by atoms with E-state index in [-0.39, 0.29) is 68.3 Å². The molecule has 0 bridgehead atoms. The van der Waals surface area contributed by atoms with E-state index >= 15 is 0 Å². The smallest absolute Gasteiger partial charge is 0.408 e. The van der Waals surface area contributed by atoms with Gasteiger partial charge in [-0.2, -0.15) is 5.10 Å². The van der Waals surface area contributed by atoms with Crippen molar-refractivity contribution in [2.24, 2.45) is 13.0 Å². The average Bonchev–Trinajstić information content (AvgIpc) is 3.73. The molecule has 0 aromatic carbocycles. The Morgan fingerprint density at radius 2 is 1.77 bits per heavy atom. The zero-order valence-electron chi connectivity index (χ0n) is 33.6. The van der Waals surface area contributed by atoms with E-state index in [4.69, 9.17) is 16.6 Å². The van der Waals surface area contributed by atoms with Crippen LogP contribution in [-0.2, 0) is 45.7 Å². The van der Waals surface area contributed by atoms with Crippen LogP contribution in [0.3, 0.4) is 0 Å². The fraction of sp³-hybridized carbons (Fsp3) is 0.575. The highest BCUT2D eigenvalue weighted by Gasteiger charge is 2.40. The van der Waals surface area contributed by atoms with Gasteiger partial charge < -0.3 is 31.3 Å². The lowest BCUT2D eigenvalue weighted by atomic mass is 9.90. The molecule has 2 aliphatic heterocycles. The normalized spacial score (nSPS) is 20.1. The highest BCUT2D eigenvalue weighted by molar-refractivity contribution is 7.10. The Hall–Kier alpha value is -5.14. The Morgan fingerprint density at radius 3 is 2.52 bits per heavy atom. The summed E-state index contributed by atoms with van der Waals surface area (Å²) in [5.74, 6) is -0.416. The third kappa shape index (κ3) is 10.6. The van der Waals surface area contributed by atoms with Crippen molar-refractivity contribution < 1.29 is 33.9 Å². The van der Waals surface area contributed by atoms with Crippen molar-refractivity contribution in [3.05, 3.63) is 44.5 Å². The topological polar surface area (TPSA) is 233 Å². The minimum absolute atomic E-state index is 0.0465. The molecule has 2 saturated carbocycles. The lowest BCUT2D eigenvalue weighted by Crippen LogP contribution is -2.52. The maximum atomic E-state index is 12.9. The molecule has 20 heteroatoms. The number of halogens is 1. The van der Waals surface area contributed by atoms with Crippen LogP contribution in [0.4, 0.5) is 10.7 Å². The molecule has 322 valence electrons. The molecule has 0 spiro atoms. The molecule has 60 heavy (non-hydrogen) atoms. The van der Waals surface area contributed by atoms with E-state index in [9.17, 15) is 33.9 Å². The minimum Gasteiger partial charge on any atom is -0.465 e. The predicted octanol–water partition coefficient (Wildman–Crippen LogP) is 3.20. The maximum Gasteiger partial charge on any atom is 0.408 e. The van der Waals surface area contributed by atoms with E-state index < -0.39 is 18.0 Å². The zero-order chi connectivity index (χ0) is 42.3. The first-order valence-corrected chi connectivity index (χ1v) is 22.0. The molecule has 3 fully saturated rings. The van der Waals surface area contributed by atoms with E-state index in [1.807, 2.05) is 11.7 Å². The molecule has 1 saturated heterocycles. The van der Waals surface area contributed by atoms with Gasteiger partial charge in [0.25, 0.3) is 5.91 Å². The molecular formula is C40H52ClN11O7S. The second-order valence-electron chi connectivity index (χ2n) is 16.0. The number of nitrogens with one attached hydrogen (secondary N) is 5. The van der Waals surface area contributed by atoms with Crippen LogP contribution in [0.25, 0.3) is 11.3 Å². The van der Waals surface area contributed by atoms with Gasteiger partial charge in [0, 0.05) is 60.2 Å². The number of carboxylic acid groups (broad SMARTS) is 1. The summed E-state index contributed by atoms with van der Waals surface area (Å²) in [6.07, 6.45) is 11.0. The second kappa shape index (κ2) is 19.5. The van der Waals surface area contributed by atoms with Crippen molar-refractivity contribution in [2.75, 3.05) is 31.5 Å². The number of nitrogens with zero attached hydrogens (tertiary/aromatic N) is 6. The van der Waals surface area contributed by atoms with Gasteiger partial charge >= 0.3 is 6.09 Å². The SMILES string of the molecule is Cn1ncc(-c2nc(NC3CCC(N(CC(=O)NCCCCCNCC(=O)NCc4scc5c4CN(C4CCC(=O)NC4=O)C5=O)C(=O)O)CC3)ncc2Cl)c1CC1CC1. The zero-order valence-corrected chi connectivity index (χ0v) is 35.2. The largest absolute Gasteiger partial charge is 0.465 e. The van der Waals surface area contributed by atoms with Crippen LogP contribution >= 0.6 is 22.9 Å². The van der Waals surface area contributed by atoms with Crippen molar-refractivity contribution in [1.82, 2.24) is 50.8 Å². The lowest BCUT2D eigenvalue weighted by molar-refractivity contribution is -0.137. The highest BCUT2D eigenvalue weighted by Crippen LogP contribution is 2.37. The van der Waals surface area contributed by atoms with Gasteiger partial charge in [0.05, 0.1) is 41.8 Å². The fourth-order valence-corrected chi connectivity index (χ4v) is 9.34. The molecule has 4 aliphatic rings. The summed E-state index contributed by atoms with van der Waals surface area (Å²) in [7, 11) is 1.93. The van der Waals surface area contributed by atoms with Crippen molar-refractivity contribution in [2.45, 2.75) is 108 Å². The number of piperidine rings is 1. The third-order valence-corrected chi connectivity index (χ3v) is 13.0. The van der Waals surface area contributed by atoms with E-state index in [0.29, 0.717) is 79.8 Å². The van der Waals surface area contributed by atoms with Gasteiger partial charge in [-0.3, -0.25) is 38.9 Å². The number of anilines is 1. The highest BCUT2D eigenvalue weighted by atomic mass is 35.5. The first-order valence-electron chi connectivity index (χ1n) is 20.7. The number of amides is 6. The summed E-state index contributed by atoms with van der Waals surface area (Å²) in [5.41, 5.74) is 4.01. The molecule has 6 amide bonds. The number of aromatic nitrogens is 4. The number of aryl methyl sites for hydroxylation is 1. The average molecular weight is 866 g/mol. The molecule has 2 aliphatic carbocycles. The summed E-state index contributed by atoms with van der Waals surface area (Å²) in [5, 5.41) is 31.2. The van der Waals surface area contributed by atoms with Crippen LogP contribution < -0.4 is 26.6 Å². The molecule has 3 aromatic rings. The summed E-state index contributed by atoms with van der Waals surface area (Å²) in [4.78, 5) is 87.0. The van der Waals surface area contributed by atoms with Crippen molar-refractivity contribution in [3.8, 4) is 11.3 Å². The molecule has 18 nitrogen and oxygen atoms in total. The monoisotopic (exact) mass is 865 g/mol. The van der Waals surface area contributed by atoms with Gasteiger partial charge in [0.15, 0.2) is 0 Å². The van der Waals surface area contributed by atoms with Gasteiger partial charge in [-0.25, -0.2) is 14.8 Å². The second-order valence-corrected chi connectivity index (χ2v) is 17.4. The fourth-order valence-electron chi connectivity index (χ4n) is 8.18. The number of imide groups is 1. The molecule has 1 atom stereocenters. The van der Waals surface area contributed by atoms with Crippen molar-refractivity contribution >= 4 is 64.5 Å². The third-order valence-electron chi connectivity index (χ3n) is 11.7. The van der Waals surface area contributed by atoms with Crippen molar-refractivity contribution in [3.63, 3.8) is 0 Å². The lowest BCUT2D eigenvalue weighted by Gasteiger charge is -2.35. The van der Waals surface area contributed by atoms with Gasteiger partial charge in [-0.15, -0.1) is 11.3 Å². The molecule has 3 aromatic heterocycles.